The molecule has 0 bridgehead atoms. The molecule has 0 unspecified atom stereocenters. The van der Waals surface area contributed by atoms with Gasteiger partial charge in [-0.2, -0.15) is 0 Å². The van der Waals surface area contributed by atoms with Gasteiger partial charge >= 0.3 is 0 Å². The lowest BCUT2D eigenvalue weighted by atomic mass is 10.0. The number of rotatable bonds is 10. The lowest BCUT2D eigenvalue weighted by Gasteiger charge is -2.24. The zero-order chi connectivity index (χ0) is 23.1. The molecule has 0 atom stereocenters. The Morgan fingerprint density at radius 2 is 1.78 bits per heavy atom. The van der Waals surface area contributed by atoms with E-state index in [2.05, 4.69) is 33.8 Å². The fourth-order valence-electron chi connectivity index (χ4n) is 3.49. The highest BCUT2D eigenvalue weighted by atomic mass is 32.1. The molecule has 2 aromatic carbocycles. The molecular formula is C26H32N2O3S. The fraction of sp³-hybridized carbons (Fsp3) is 0.385. The van der Waals surface area contributed by atoms with Gasteiger partial charge in [0.1, 0.15) is 23.1 Å². The summed E-state index contributed by atoms with van der Waals surface area (Å²) in [5.74, 6) is 2.38. The van der Waals surface area contributed by atoms with Crippen LogP contribution in [0.4, 0.5) is 0 Å². The third kappa shape index (κ3) is 6.33. The van der Waals surface area contributed by atoms with Crippen LogP contribution in [-0.4, -0.2) is 29.4 Å². The molecule has 32 heavy (non-hydrogen) atoms. The fourth-order valence-corrected chi connectivity index (χ4v) is 4.18. The molecule has 0 aliphatic carbocycles. The zero-order valence-electron chi connectivity index (χ0n) is 19.5. The smallest absolute Gasteiger partial charge is 0.254 e. The van der Waals surface area contributed by atoms with Crippen molar-refractivity contribution in [1.82, 2.24) is 9.88 Å². The largest absolute Gasteiger partial charge is 0.497 e. The van der Waals surface area contributed by atoms with Gasteiger partial charge in [0.2, 0.25) is 0 Å². The predicted octanol–water partition coefficient (Wildman–Crippen LogP) is 6.15. The molecule has 0 saturated heterocycles. The van der Waals surface area contributed by atoms with Crippen molar-refractivity contribution in [3.8, 4) is 11.5 Å². The van der Waals surface area contributed by atoms with Crippen LogP contribution in [0.5, 0.6) is 11.5 Å². The third-order valence-corrected chi connectivity index (χ3v) is 5.93. The molecule has 0 saturated carbocycles. The van der Waals surface area contributed by atoms with Crippen LogP contribution in [0.1, 0.15) is 60.2 Å². The standard InChI is InChI=1S/C26H32N2O3S/c1-18(2)14-28(26(29)20-10-12-22(30-5)13-11-20)15-21-17-32-25(27-21)16-31-24-9-7-6-8-23(24)19(3)4/h6-13,17-19H,14-16H2,1-5H3. The number of nitrogens with zero attached hydrogens (tertiary/aromatic N) is 2. The first-order valence-corrected chi connectivity index (χ1v) is 11.8. The second-order valence-electron chi connectivity index (χ2n) is 8.52. The molecule has 3 aromatic rings. The van der Waals surface area contributed by atoms with Gasteiger partial charge in [-0.05, 0) is 47.7 Å². The summed E-state index contributed by atoms with van der Waals surface area (Å²) >= 11 is 1.57. The minimum Gasteiger partial charge on any atom is -0.497 e. The number of para-hydroxylation sites is 1. The molecule has 0 N–H and O–H groups in total. The molecule has 0 fully saturated rings. The lowest BCUT2D eigenvalue weighted by Crippen LogP contribution is -2.33. The number of benzene rings is 2. The van der Waals surface area contributed by atoms with Crippen LogP contribution in [0, 0.1) is 5.92 Å². The molecular weight excluding hydrogens is 420 g/mol. The van der Waals surface area contributed by atoms with Crippen molar-refractivity contribution in [1.29, 1.82) is 0 Å². The van der Waals surface area contributed by atoms with Gasteiger partial charge in [0, 0.05) is 17.5 Å². The Morgan fingerprint density at radius 3 is 2.44 bits per heavy atom. The summed E-state index contributed by atoms with van der Waals surface area (Å²) in [6, 6.07) is 15.4. The average Bonchev–Trinajstić information content (AvgIpc) is 3.24. The van der Waals surface area contributed by atoms with E-state index in [1.54, 1.807) is 30.6 Å². The van der Waals surface area contributed by atoms with Gasteiger partial charge in [-0.25, -0.2) is 4.98 Å². The minimum atomic E-state index is -0.00184. The molecule has 170 valence electrons. The number of aromatic nitrogens is 1. The Labute approximate surface area is 195 Å². The molecule has 0 aliphatic rings. The normalized spacial score (nSPS) is 11.1. The summed E-state index contributed by atoms with van der Waals surface area (Å²) in [6.07, 6.45) is 0. The number of hydrogen-bond acceptors (Lipinski definition) is 5. The minimum absolute atomic E-state index is 0.00184. The topological polar surface area (TPSA) is 51.7 Å². The zero-order valence-corrected chi connectivity index (χ0v) is 20.3. The van der Waals surface area contributed by atoms with Crippen LogP contribution in [0.3, 0.4) is 0 Å². The van der Waals surface area contributed by atoms with E-state index in [0.29, 0.717) is 37.1 Å². The Bertz CT molecular complexity index is 1010. The van der Waals surface area contributed by atoms with Gasteiger partial charge in [0.15, 0.2) is 0 Å². The average molecular weight is 453 g/mol. The van der Waals surface area contributed by atoms with E-state index in [-0.39, 0.29) is 5.91 Å². The summed E-state index contributed by atoms with van der Waals surface area (Å²) in [7, 11) is 1.62. The second-order valence-corrected chi connectivity index (χ2v) is 9.46. The third-order valence-electron chi connectivity index (χ3n) is 5.05. The van der Waals surface area contributed by atoms with Crippen molar-refractivity contribution in [3.63, 3.8) is 0 Å². The number of carbonyl (C=O) groups excluding carboxylic acids is 1. The van der Waals surface area contributed by atoms with Crippen LogP contribution >= 0.6 is 11.3 Å². The summed E-state index contributed by atoms with van der Waals surface area (Å²) in [6.45, 7) is 10.1. The van der Waals surface area contributed by atoms with Crippen molar-refractivity contribution in [2.45, 2.75) is 46.8 Å². The maximum atomic E-state index is 13.1. The first-order valence-electron chi connectivity index (χ1n) is 11.0. The van der Waals surface area contributed by atoms with Gasteiger partial charge in [0.25, 0.3) is 5.91 Å². The van der Waals surface area contributed by atoms with E-state index in [1.807, 2.05) is 40.6 Å². The van der Waals surface area contributed by atoms with E-state index >= 15 is 0 Å². The van der Waals surface area contributed by atoms with Crippen LogP contribution in [0.25, 0.3) is 0 Å². The van der Waals surface area contributed by atoms with Crippen molar-refractivity contribution < 1.29 is 14.3 Å². The van der Waals surface area contributed by atoms with Crippen molar-refractivity contribution >= 4 is 17.2 Å². The number of ether oxygens (including phenoxy) is 2. The van der Waals surface area contributed by atoms with Crippen LogP contribution in [0.15, 0.2) is 53.9 Å². The molecule has 5 nitrogen and oxygen atoms in total. The van der Waals surface area contributed by atoms with E-state index < -0.39 is 0 Å². The number of methoxy groups -OCH3 is 1. The van der Waals surface area contributed by atoms with E-state index in [0.717, 1.165) is 22.2 Å². The molecule has 0 spiro atoms. The van der Waals surface area contributed by atoms with Gasteiger partial charge in [0.05, 0.1) is 19.3 Å². The van der Waals surface area contributed by atoms with Crippen molar-refractivity contribution in [2.75, 3.05) is 13.7 Å². The van der Waals surface area contributed by atoms with Crippen LogP contribution in [-0.2, 0) is 13.2 Å². The second kappa shape index (κ2) is 11.1. The predicted molar refractivity (Wildman–Crippen MR) is 130 cm³/mol. The first kappa shape index (κ1) is 23.8. The summed E-state index contributed by atoms with van der Waals surface area (Å²) in [4.78, 5) is 19.7. The Balaban J connectivity index is 1.68. The number of hydrogen-bond donors (Lipinski definition) is 0. The van der Waals surface area contributed by atoms with E-state index in [1.165, 1.54) is 5.56 Å². The van der Waals surface area contributed by atoms with Gasteiger partial charge in [-0.1, -0.05) is 45.9 Å². The lowest BCUT2D eigenvalue weighted by molar-refractivity contribution is 0.0720. The van der Waals surface area contributed by atoms with Crippen molar-refractivity contribution in [2.24, 2.45) is 5.92 Å². The highest BCUT2D eigenvalue weighted by Gasteiger charge is 2.19. The highest BCUT2D eigenvalue weighted by Crippen LogP contribution is 2.27. The van der Waals surface area contributed by atoms with Gasteiger partial charge in [-0.15, -0.1) is 11.3 Å². The molecule has 6 heteroatoms. The molecule has 1 aromatic heterocycles. The number of amides is 1. The van der Waals surface area contributed by atoms with E-state index in [9.17, 15) is 4.79 Å². The Morgan fingerprint density at radius 1 is 1.06 bits per heavy atom. The maximum Gasteiger partial charge on any atom is 0.254 e. The molecule has 0 radical (unpaired) electrons. The van der Waals surface area contributed by atoms with E-state index in [4.69, 9.17) is 14.5 Å². The summed E-state index contributed by atoms with van der Waals surface area (Å²) in [5, 5.41) is 2.92. The summed E-state index contributed by atoms with van der Waals surface area (Å²) in [5.41, 5.74) is 2.72. The van der Waals surface area contributed by atoms with Crippen molar-refractivity contribution in [3.05, 3.63) is 75.7 Å². The quantitative estimate of drug-likeness (QED) is 0.370. The molecule has 0 aliphatic heterocycles. The van der Waals surface area contributed by atoms with Gasteiger partial charge in [-0.3, -0.25) is 4.79 Å². The van der Waals surface area contributed by atoms with Crippen LogP contribution < -0.4 is 9.47 Å². The molecule has 1 heterocycles. The molecule has 3 rings (SSSR count). The number of carbonyl (C=O) groups is 1. The summed E-state index contributed by atoms with van der Waals surface area (Å²) < 4.78 is 11.3. The SMILES string of the molecule is COc1ccc(C(=O)N(Cc2csc(COc3ccccc3C(C)C)n2)CC(C)C)cc1. The monoisotopic (exact) mass is 452 g/mol. The highest BCUT2D eigenvalue weighted by molar-refractivity contribution is 7.09. The van der Waals surface area contributed by atoms with Crippen LogP contribution in [0.2, 0.25) is 0 Å². The number of thiazole rings is 1. The Hall–Kier alpha value is -2.86. The van der Waals surface area contributed by atoms with Gasteiger partial charge < -0.3 is 14.4 Å². The maximum absolute atomic E-state index is 13.1. The Kier molecular flexibility index (Phi) is 8.28. The molecule has 1 amide bonds. The first-order chi connectivity index (χ1) is 15.4.